The van der Waals surface area contributed by atoms with Crippen molar-refractivity contribution in [2.45, 2.75) is 44.5 Å². The predicted molar refractivity (Wildman–Crippen MR) is 358 cm³/mol. The number of ketones is 1. The molecule has 0 saturated carbocycles. The Morgan fingerprint density at radius 1 is 0.495 bits per heavy atom. The zero-order valence-electron chi connectivity index (χ0n) is 52.3. The molecule has 3 saturated heterocycles. The Morgan fingerprint density at radius 3 is 1.11 bits per heavy atom. The number of oxime groups is 3. The lowest BCUT2D eigenvalue weighted by atomic mass is 10.1. The Hall–Kier alpha value is -11.9. The molecule has 3 aliphatic rings. The van der Waals surface area contributed by atoms with E-state index in [1.54, 1.807) is 55.5 Å². The first-order valence-electron chi connectivity index (χ1n) is 29.5. The Bertz CT molecular complexity index is 4320. The van der Waals surface area contributed by atoms with Gasteiger partial charge in [-0.2, -0.15) is 13.2 Å². The summed E-state index contributed by atoms with van der Waals surface area (Å²) in [5, 5.41) is 52.5. The number of esters is 1. The number of nitrogen functional groups attached to an aromatic ring is 1. The van der Waals surface area contributed by atoms with Gasteiger partial charge in [-0.15, -0.1) is 0 Å². The lowest BCUT2D eigenvalue weighted by molar-refractivity contribution is -0.385. The van der Waals surface area contributed by atoms with Crippen molar-refractivity contribution in [2.75, 3.05) is 73.2 Å². The van der Waals surface area contributed by atoms with Crippen molar-refractivity contribution in [3.05, 3.63) is 213 Å². The van der Waals surface area contributed by atoms with E-state index in [-0.39, 0.29) is 85.6 Å². The van der Waals surface area contributed by atoms with Gasteiger partial charge in [-0.25, -0.2) is 19.7 Å². The molecule has 3 atom stereocenters. The highest BCUT2D eigenvalue weighted by Gasteiger charge is 2.26. The number of thiazole rings is 3. The number of halogens is 3. The molecular weight excluding hydrogens is 1400 g/mol. The predicted octanol–water partition coefficient (Wildman–Crippen LogP) is 9.28. The van der Waals surface area contributed by atoms with Crippen molar-refractivity contribution >= 4 is 130 Å². The van der Waals surface area contributed by atoms with Gasteiger partial charge in [0.1, 0.15) is 0 Å². The first kappa shape index (κ1) is 74.9. The Kier molecular flexibility index (Phi) is 27.5. The van der Waals surface area contributed by atoms with E-state index in [2.05, 4.69) is 56.4 Å². The van der Waals surface area contributed by atoms with Gasteiger partial charge in [-0.3, -0.25) is 70.3 Å². The molecule has 11 rings (SSSR count). The quantitative estimate of drug-likeness (QED) is 0.00757. The zero-order valence-corrected chi connectivity index (χ0v) is 54.7. The summed E-state index contributed by atoms with van der Waals surface area (Å²) in [4.78, 5) is 130. The number of Topliss-reactive ketones (excluding diaryl/α,β-unsaturated/α-hetero) is 1. The molecule has 6 heterocycles. The molecule has 5 aromatic carbocycles. The summed E-state index contributed by atoms with van der Waals surface area (Å²) < 4.78 is 59.5. The van der Waals surface area contributed by atoms with Crippen LogP contribution in [-0.2, 0) is 52.6 Å². The number of nitrogens with two attached hydrogens (primary N) is 1. The standard InChI is InChI=1S/C22H18FN5O6S.C15H13FN4O5S.C15H15FN4O3S.C10H9NO5/c23-18-11-24-22(35-18)26-21(30)19(27-34-17-9-10-33-12-17)13-1-5-15(6-2-13)25-20(29)14-3-7-16(8-4-14)28(31)32;16-12-7-17-15(26-12)18-14(21)13(19-25-11-5-6-24-8-11)9-1-3-10(4-2-9)20(22)23;16-12-7-18-15(24-12)19-14(21)13(9-1-3-10(17)4-2-9)20-23-11-5-6-22-8-11;1-2-16-10(13)9(12)7-3-5-8(6-4-7)11(14)15/h1-8,11,17H,9-10,12H2,(H,25,29)(H,24,26,30);1-4,7,11H,5-6,8H2,(H,17,18,21);1-4,7,11H,5-6,8,17H2,(H,18,19,21);3-6H,2H2,1H3/b27-19+;19-13+;20-13+;/t17-;2*11-;/m111./s1. The number of hydrogen-bond donors (Lipinski definition) is 5. The molecule has 526 valence electrons. The number of anilines is 5. The summed E-state index contributed by atoms with van der Waals surface area (Å²) in [5.41, 5.74) is 7.67. The second kappa shape index (κ2) is 37.2. The van der Waals surface area contributed by atoms with Gasteiger partial charge in [0.2, 0.25) is 0 Å². The summed E-state index contributed by atoms with van der Waals surface area (Å²) in [6.45, 7) is 4.50. The minimum absolute atomic E-state index is 0.0532. The fraction of sp³-hybridized carbons (Fsp3) is 0.226. The van der Waals surface area contributed by atoms with E-state index < -0.39 is 65.5 Å². The van der Waals surface area contributed by atoms with E-state index in [0.717, 1.165) is 42.1 Å². The Labute approximate surface area is 579 Å². The first-order valence-corrected chi connectivity index (χ1v) is 32.0. The van der Waals surface area contributed by atoms with Crippen molar-refractivity contribution < 1.29 is 90.2 Å². The molecule has 3 fully saturated rings. The van der Waals surface area contributed by atoms with E-state index in [4.69, 9.17) is 34.5 Å². The van der Waals surface area contributed by atoms with Gasteiger partial charge in [0, 0.05) is 94.9 Å². The Morgan fingerprint density at radius 2 is 0.812 bits per heavy atom. The number of nitrogens with one attached hydrogen (secondary N) is 4. The van der Waals surface area contributed by atoms with Crippen LogP contribution < -0.4 is 27.0 Å². The highest BCUT2D eigenvalue weighted by atomic mass is 32.1. The molecule has 4 amide bonds. The van der Waals surface area contributed by atoms with Crippen LogP contribution in [0.3, 0.4) is 0 Å². The number of ether oxygens (including phenoxy) is 4. The second-order valence-corrected chi connectivity index (χ2v) is 23.4. The molecule has 0 radical (unpaired) electrons. The molecule has 0 aliphatic carbocycles. The average molecular weight is 1450 g/mol. The lowest BCUT2D eigenvalue weighted by Crippen LogP contribution is -2.25. The summed E-state index contributed by atoms with van der Waals surface area (Å²) in [6.07, 6.45) is 4.20. The minimum Gasteiger partial charge on any atom is -0.460 e. The third kappa shape index (κ3) is 23.1. The molecule has 0 spiro atoms. The topological polar surface area (TPSA) is 446 Å². The van der Waals surface area contributed by atoms with Crippen molar-refractivity contribution in [2.24, 2.45) is 15.5 Å². The maximum Gasteiger partial charge on any atom is 0.379 e. The lowest BCUT2D eigenvalue weighted by Gasteiger charge is -2.11. The molecule has 0 unspecified atom stereocenters. The van der Waals surface area contributed by atoms with Crippen LogP contribution in [0.2, 0.25) is 0 Å². The van der Waals surface area contributed by atoms with Crippen LogP contribution in [0, 0.1) is 45.7 Å². The largest absolute Gasteiger partial charge is 0.460 e. The number of aromatic nitrogens is 3. The number of carbonyl (C=O) groups excluding carboxylic acids is 6. The summed E-state index contributed by atoms with van der Waals surface area (Å²) in [6, 6.07) is 28.1. The van der Waals surface area contributed by atoms with Gasteiger partial charge >= 0.3 is 5.97 Å². The van der Waals surface area contributed by atoms with E-state index in [0.29, 0.717) is 110 Å². The van der Waals surface area contributed by atoms with Gasteiger partial charge in [-0.1, -0.05) is 73.7 Å². The normalized spacial score (nSPS) is 15.5. The van der Waals surface area contributed by atoms with Gasteiger partial charge in [0.05, 0.1) is 79.6 Å². The number of rotatable bonds is 23. The van der Waals surface area contributed by atoms with Crippen molar-refractivity contribution in [1.82, 2.24) is 15.0 Å². The van der Waals surface area contributed by atoms with Crippen LogP contribution in [0.1, 0.15) is 63.6 Å². The molecule has 8 aromatic rings. The van der Waals surface area contributed by atoms with Crippen LogP contribution in [0.25, 0.3) is 0 Å². The zero-order chi connectivity index (χ0) is 72.4. The van der Waals surface area contributed by atoms with E-state index in [1.807, 2.05) is 0 Å². The van der Waals surface area contributed by atoms with Gasteiger partial charge in [0.15, 0.2) is 66.2 Å². The molecule has 101 heavy (non-hydrogen) atoms. The molecule has 3 aliphatic heterocycles. The smallest absolute Gasteiger partial charge is 0.379 e. The summed E-state index contributed by atoms with van der Waals surface area (Å²) >= 11 is 2.06. The number of carbonyl (C=O) groups is 6. The van der Waals surface area contributed by atoms with Gasteiger partial charge < -0.3 is 44.5 Å². The first-order chi connectivity index (χ1) is 48.6. The van der Waals surface area contributed by atoms with Crippen LogP contribution in [0.4, 0.5) is 57.0 Å². The average Bonchev–Trinajstić information content (AvgIpc) is 1.75. The van der Waals surface area contributed by atoms with Crippen molar-refractivity contribution in [3.63, 3.8) is 0 Å². The fourth-order valence-corrected chi connectivity index (χ4v) is 9.95. The second-order valence-electron chi connectivity index (χ2n) is 20.5. The van der Waals surface area contributed by atoms with Crippen molar-refractivity contribution in [1.29, 1.82) is 0 Å². The van der Waals surface area contributed by atoms with E-state index in [1.165, 1.54) is 60.7 Å². The summed E-state index contributed by atoms with van der Waals surface area (Å²) in [7, 11) is 0. The van der Waals surface area contributed by atoms with Gasteiger partial charge in [-0.05, 0) is 67.6 Å². The Balaban J connectivity index is 0.000000177. The van der Waals surface area contributed by atoms with Crippen LogP contribution >= 0.6 is 34.0 Å². The molecule has 33 nitrogen and oxygen atoms in total. The molecular formula is C62H55F3N14O19S3. The fourth-order valence-electron chi connectivity index (χ4n) is 8.33. The van der Waals surface area contributed by atoms with Crippen LogP contribution in [0.15, 0.2) is 155 Å². The van der Waals surface area contributed by atoms with Gasteiger partial charge in [0.25, 0.3) is 46.5 Å². The SMILES string of the molecule is CCOC(=O)C(=O)c1ccc([N+](=O)[O-])cc1.Nc1ccc(/C(=N\O[C@@H]2CCOC2)C(=O)Nc2ncc(F)s2)cc1.O=C(Nc1ncc(F)s1)/C(=N/O[C@@H]1CCOC1)c1ccc(NC(=O)c2ccc([N+](=O)[O-])cc2)cc1.O=C(Nc1ncc(F)s1)/C(=N/O[C@@H]1CCOC1)c1ccc([N+](=O)[O-])cc1. The third-order valence-electron chi connectivity index (χ3n) is 13.4. The number of amides is 4. The van der Waals surface area contributed by atoms with Crippen LogP contribution in [-0.4, -0.2) is 147 Å². The highest BCUT2D eigenvalue weighted by molar-refractivity contribution is 7.14. The third-order valence-corrected chi connectivity index (χ3v) is 15.5. The number of hydrogen-bond acceptors (Lipinski definition) is 29. The minimum atomic E-state index is -0.962. The van der Waals surface area contributed by atoms with Crippen molar-refractivity contribution in [3.8, 4) is 0 Å². The number of non-ortho nitro benzene ring substituents is 3. The molecule has 6 N–H and O–H groups in total. The molecule has 3 aromatic heterocycles. The van der Waals surface area contributed by atoms with E-state index in [9.17, 15) is 72.3 Å². The summed E-state index contributed by atoms with van der Waals surface area (Å²) in [5.74, 6) is -4.11. The van der Waals surface area contributed by atoms with Crippen LogP contribution in [0.5, 0.6) is 0 Å². The maximum atomic E-state index is 13.3. The number of benzene rings is 5. The highest BCUT2D eigenvalue weighted by Crippen LogP contribution is 2.24. The molecule has 0 bridgehead atoms. The number of nitro benzene ring substituents is 3. The monoisotopic (exact) mass is 1450 g/mol. The van der Waals surface area contributed by atoms with E-state index >= 15 is 0 Å². The maximum absolute atomic E-state index is 13.3. The number of nitrogens with zero attached hydrogens (tertiary/aromatic N) is 9. The molecule has 39 heteroatoms. The number of nitro groups is 3.